The number of benzene rings is 1. The van der Waals surface area contributed by atoms with Crippen molar-refractivity contribution in [1.82, 2.24) is 14.7 Å². The van der Waals surface area contributed by atoms with Gasteiger partial charge in [0, 0.05) is 58.3 Å². The summed E-state index contributed by atoms with van der Waals surface area (Å²) in [6.45, 7) is 7.36. The molecule has 5 heteroatoms. The fourth-order valence-corrected chi connectivity index (χ4v) is 5.03. The predicted octanol–water partition coefficient (Wildman–Crippen LogP) is 2.60. The maximum Gasteiger partial charge on any atom is 0.223 e. The summed E-state index contributed by atoms with van der Waals surface area (Å²) in [5, 5.41) is 0. The first-order valence-corrected chi connectivity index (χ1v) is 10.6. The number of hydrogen-bond donors (Lipinski definition) is 0. The molecule has 0 unspecified atom stereocenters. The van der Waals surface area contributed by atoms with Crippen molar-refractivity contribution in [3.8, 4) is 5.75 Å². The number of nitrogens with zero attached hydrogens (tertiary/aromatic N) is 3. The molecule has 0 radical (unpaired) electrons. The zero-order chi connectivity index (χ0) is 18.6. The van der Waals surface area contributed by atoms with Crippen LogP contribution in [0.2, 0.25) is 0 Å². The van der Waals surface area contributed by atoms with E-state index in [1.165, 1.54) is 37.8 Å². The molecule has 0 aliphatic carbocycles. The lowest BCUT2D eigenvalue weighted by Crippen LogP contribution is -2.45. The topological polar surface area (TPSA) is 36.0 Å². The monoisotopic (exact) mass is 371 g/mol. The van der Waals surface area contributed by atoms with Crippen molar-refractivity contribution in [3.05, 3.63) is 29.8 Å². The fourth-order valence-electron chi connectivity index (χ4n) is 5.03. The van der Waals surface area contributed by atoms with Crippen molar-refractivity contribution in [2.75, 3.05) is 46.4 Å². The molecule has 4 aliphatic rings. The van der Waals surface area contributed by atoms with E-state index >= 15 is 0 Å². The first-order valence-electron chi connectivity index (χ1n) is 10.6. The molecule has 4 fully saturated rings. The standard InChI is InChI=1S/C22H33N3O2/c1-27-21-8-5-18(6-9-21)14-23-15-19-4-7-20(17-23)25(16-19)13-10-22(26)24-11-2-3-12-24/h5-6,8-9,19-20H,2-4,7,10-17H2,1H3/t19-,20+/m1/s1. The summed E-state index contributed by atoms with van der Waals surface area (Å²) >= 11 is 0. The van der Waals surface area contributed by atoms with E-state index in [0.29, 0.717) is 18.4 Å². The number of likely N-dealkylation sites (tertiary alicyclic amines) is 1. The number of carbonyl (C=O) groups excluding carboxylic acids is 1. The average molecular weight is 372 g/mol. The lowest BCUT2D eigenvalue weighted by atomic mass is 9.95. The molecule has 4 aliphatic heterocycles. The molecule has 5 nitrogen and oxygen atoms in total. The van der Waals surface area contributed by atoms with Gasteiger partial charge in [-0.3, -0.25) is 14.6 Å². The van der Waals surface area contributed by atoms with Crippen LogP contribution in [0.3, 0.4) is 0 Å². The number of piperidine rings is 1. The Bertz CT molecular complexity index is 627. The Hall–Kier alpha value is -1.59. The molecule has 0 N–H and O–H groups in total. The van der Waals surface area contributed by atoms with Gasteiger partial charge in [-0.15, -0.1) is 0 Å². The molecule has 1 amide bonds. The molecule has 27 heavy (non-hydrogen) atoms. The maximum absolute atomic E-state index is 12.4. The summed E-state index contributed by atoms with van der Waals surface area (Å²) in [5.74, 6) is 2.02. The van der Waals surface area contributed by atoms with E-state index in [2.05, 4.69) is 39.0 Å². The van der Waals surface area contributed by atoms with Crippen LogP contribution in [-0.4, -0.2) is 73.0 Å². The van der Waals surface area contributed by atoms with Gasteiger partial charge in [-0.25, -0.2) is 0 Å². The molecule has 0 spiro atoms. The van der Waals surface area contributed by atoms with Crippen LogP contribution in [0.15, 0.2) is 24.3 Å². The molecular formula is C22H33N3O2. The molecule has 1 aromatic rings. The van der Waals surface area contributed by atoms with Gasteiger partial charge in [0.15, 0.2) is 0 Å². The SMILES string of the molecule is COc1ccc(CN2C[C@H]3CC[C@@H](C2)N(CCC(=O)N2CCCC2)C3)cc1. The van der Waals surface area contributed by atoms with Crippen LogP contribution in [0.25, 0.3) is 0 Å². The zero-order valence-corrected chi connectivity index (χ0v) is 16.6. The van der Waals surface area contributed by atoms with Crippen molar-refractivity contribution in [2.24, 2.45) is 5.92 Å². The van der Waals surface area contributed by atoms with Crippen LogP contribution in [0.5, 0.6) is 5.75 Å². The molecule has 2 bridgehead atoms. The highest BCUT2D eigenvalue weighted by Crippen LogP contribution is 2.29. The van der Waals surface area contributed by atoms with E-state index < -0.39 is 0 Å². The Labute approximate surface area is 163 Å². The van der Waals surface area contributed by atoms with Gasteiger partial charge in [0.25, 0.3) is 0 Å². The second kappa shape index (κ2) is 8.61. The van der Waals surface area contributed by atoms with Crippen LogP contribution < -0.4 is 4.74 Å². The maximum atomic E-state index is 12.4. The van der Waals surface area contributed by atoms with Crippen LogP contribution in [-0.2, 0) is 11.3 Å². The minimum Gasteiger partial charge on any atom is -0.497 e. The predicted molar refractivity (Wildman–Crippen MR) is 107 cm³/mol. The van der Waals surface area contributed by atoms with Crippen LogP contribution in [0.1, 0.15) is 37.7 Å². The Morgan fingerprint density at radius 2 is 1.85 bits per heavy atom. The summed E-state index contributed by atoms with van der Waals surface area (Å²) in [7, 11) is 1.71. The van der Waals surface area contributed by atoms with Gasteiger partial charge in [0.05, 0.1) is 7.11 Å². The largest absolute Gasteiger partial charge is 0.497 e. The third-order valence-electron chi connectivity index (χ3n) is 6.54. The quantitative estimate of drug-likeness (QED) is 0.770. The Balaban J connectivity index is 1.31. The number of hydrogen-bond acceptors (Lipinski definition) is 4. The van der Waals surface area contributed by atoms with Crippen molar-refractivity contribution in [3.63, 3.8) is 0 Å². The van der Waals surface area contributed by atoms with Gasteiger partial charge in [-0.2, -0.15) is 0 Å². The summed E-state index contributed by atoms with van der Waals surface area (Å²) in [4.78, 5) is 19.7. The molecule has 0 saturated carbocycles. The third-order valence-corrected chi connectivity index (χ3v) is 6.54. The summed E-state index contributed by atoms with van der Waals surface area (Å²) in [6, 6.07) is 9.07. The fraction of sp³-hybridized carbons (Fsp3) is 0.682. The highest BCUT2D eigenvalue weighted by molar-refractivity contribution is 5.76. The molecule has 2 atom stereocenters. The van der Waals surface area contributed by atoms with Gasteiger partial charge < -0.3 is 9.64 Å². The zero-order valence-electron chi connectivity index (χ0n) is 16.6. The third kappa shape index (κ3) is 4.64. The van der Waals surface area contributed by atoms with Crippen LogP contribution in [0.4, 0.5) is 0 Å². The molecule has 0 aromatic heterocycles. The number of amides is 1. The number of methoxy groups -OCH3 is 1. The highest BCUT2D eigenvalue weighted by Gasteiger charge is 2.35. The molecule has 1 aromatic carbocycles. The lowest BCUT2D eigenvalue weighted by molar-refractivity contribution is -0.130. The first kappa shape index (κ1) is 18.8. The van der Waals surface area contributed by atoms with Gasteiger partial charge in [-0.1, -0.05) is 12.1 Å². The van der Waals surface area contributed by atoms with Crippen molar-refractivity contribution < 1.29 is 9.53 Å². The van der Waals surface area contributed by atoms with E-state index in [9.17, 15) is 4.79 Å². The minimum absolute atomic E-state index is 0.364. The summed E-state index contributed by atoms with van der Waals surface area (Å²) < 4.78 is 5.27. The molecule has 5 rings (SSSR count). The van der Waals surface area contributed by atoms with Crippen LogP contribution >= 0.6 is 0 Å². The van der Waals surface area contributed by atoms with Gasteiger partial charge in [0.2, 0.25) is 5.91 Å². The molecular weight excluding hydrogens is 338 g/mol. The van der Waals surface area contributed by atoms with E-state index in [0.717, 1.165) is 50.9 Å². The Morgan fingerprint density at radius 1 is 1.07 bits per heavy atom. The minimum atomic E-state index is 0.364. The molecule has 148 valence electrons. The van der Waals surface area contributed by atoms with Gasteiger partial charge >= 0.3 is 0 Å². The van der Waals surface area contributed by atoms with Crippen molar-refractivity contribution >= 4 is 5.91 Å². The van der Waals surface area contributed by atoms with E-state index in [-0.39, 0.29) is 0 Å². The molecule has 4 saturated heterocycles. The van der Waals surface area contributed by atoms with E-state index in [1.807, 2.05) is 0 Å². The highest BCUT2D eigenvalue weighted by atomic mass is 16.5. The van der Waals surface area contributed by atoms with Gasteiger partial charge in [-0.05, 0) is 49.3 Å². The molecule has 4 heterocycles. The average Bonchev–Trinajstić information content (AvgIpc) is 3.10. The Kier molecular flexibility index (Phi) is 5.98. The second-order valence-electron chi connectivity index (χ2n) is 8.47. The normalized spacial score (nSPS) is 26.3. The Morgan fingerprint density at radius 3 is 2.59 bits per heavy atom. The van der Waals surface area contributed by atoms with Crippen molar-refractivity contribution in [2.45, 2.75) is 44.7 Å². The van der Waals surface area contributed by atoms with Gasteiger partial charge in [0.1, 0.15) is 5.75 Å². The van der Waals surface area contributed by atoms with Crippen molar-refractivity contribution in [1.29, 1.82) is 0 Å². The second-order valence-corrected chi connectivity index (χ2v) is 8.47. The summed E-state index contributed by atoms with van der Waals surface area (Å²) in [5.41, 5.74) is 1.35. The van der Waals surface area contributed by atoms with Crippen LogP contribution in [0, 0.1) is 5.92 Å². The number of fused-ring (bicyclic) bond motifs is 4. The van der Waals surface area contributed by atoms with E-state index in [4.69, 9.17) is 4.74 Å². The number of carbonyl (C=O) groups is 1. The van der Waals surface area contributed by atoms with E-state index in [1.54, 1.807) is 7.11 Å². The lowest BCUT2D eigenvalue weighted by Gasteiger charge is -2.36. The summed E-state index contributed by atoms with van der Waals surface area (Å²) in [6.07, 6.45) is 5.67. The number of ether oxygens (including phenoxy) is 1. The first-order chi connectivity index (χ1) is 13.2. The number of rotatable bonds is 6. The smallest absolute Gasteiger partial charge is 0.223 e.